The van der Waals surface area contributed by atoms with E-state index in [-0.39, 0.29) is 18.5 Å². The summed E-state index contributed by atoms with van der Waals surface area (Å²) in [5.41, 5.74) is 2.36. The first-order valence-electron chi connectivity index (χ1n) is 5.46. The summed E-state index contributed by atoms with van der Waals surface area (Å²) in [6.07, 6.45) is 0.160. The quantitative estimate of drug-likeness (QED) is 0.840. The number of nitrogens with zero attached hydrogens (tertiary/aromatic N) is 3. The zero-order chi connectivity index (χ0) is 11.1. The highest BCUT2D eigenvalue weighted by Crippen LogP contribution is 2.33. The first-order chi connectivity index (χ1) is 7.75. The Bertz CT molecular complexity index is 508. The Labute approximate surface area is 111 Å². The average Bonchev–Trinajstić information content (AvgIpc) is 2.75. The highest BCUT2D eigenvalue weighted by molar-refractivity contribution is 7.17. The topological polar surface area (TPSA) is 30.3 Å². The number of halogens is 1. The molecule has 6 heteroatoms. The molecule has 1 unspecified atom stereocenters. The van der Waals surface area contributed by atoms with Crippen LogP contribution in [0.25, 0.3) is 10.2 Å². The van der Waals surface area contributed by atoms with E-state index in [1.54, 1.807) is 11.3 Å². The Morgan fingerprint density at radius 3 is 3.18 bits per heavy atom. The second-order valence-corrected chi connectivity index (χ2v) is 5.28. The number of hydrogen-bond donors (Lipinski definition) is 0. The highest BCUT2D eigenvalue weighted by Gasteiger charge is 2.26. The van der Waals surface area contributed by atoms with Crippen LogP contribution < -0.4 is 0 Å². The molecule has 94 valence electrons. The predicted molar refractivity (Wildman–Crippen MR) is 72.1 cm³/mol. The summed E-state index contributed by atoms with van der Waals surface area (Å²) in [5, 5.41) is 6.70. The van der Waals surface area contributed by atoms with Crippen molar-refractivity contribution in [1.82, 2.24) is 14.7 Å². The third kappa shape index (κ3) is 2.20. The van der Waals surface area contributed by atoms with Gasteiger partial charge >= 0.3 is 0 Å². The maximum atomic E-state index is 5.86. The molecule has 17 heavy (non-hydrogen) atoms. The Morgan fingerprint density at radius 2 is 2.41 bits per heavy atom. The van der Waals surface area contributed by atoms with E-state index in [2.05, 4.69) is 40.2 Å². The van der Waals surface area contributed by atoms with Gasteiger partial charge in [-0.05, 0) is 25.5 Å². The molecule has 0 N–H and O–H groups in total. The van der Waals surface area contributed by atoms with Crippen LogP contribution in [0.2, 0.25) is 0 Å². The number of fused-ring (bicyclic) bond motifs is 3. The van der Waals surface area contributed by atoms with Crippen molar-refractivity contribution in [3.8, 4) is 0 Å². The molecule has 3 heterocycles. The predicted octanol–water partition coefficient (Wildman–Crippen LogP) is 2.15. The van der Waals surface area contributed by atoms with Gasteiger partial charge < -0.3 is 9.64 Å². The summed E-state index contributed by atoms with van der Waals surface area (Å²) in [6, 6.07) is 2.08. The fourth-order valence-electron chi connectivity index (χ4n) is 2.19. The fraction of sp³-hybridized carbons (Fsp3) is 0.545. The molecule has 0 fully saturated rings. The summed E-state index contributed by atoms with van der Waals surface area (Å²) in [7, 11) is 4.15. The van der Waals surface area contributed by atoms with Gasteiger partial charge in [-0.2, -0.15) is 5.10 Å². The van der Waals surface area contributed by atoms with Crippen LogP contribution in [0.15, 0.2) is 11.4 Å². The molecule has 0 spiro atoms. The summed E-state index contributed by atoms with van der Waals surface area (Å²) >= 11 is 1.76. The van der Waals surface area contributed by atoms with Crippen LogP contribution in [0, 0.1) is 0 Å². The normalized spacial score (nSPS) is 19.4. The van der Waals surface area contributed by atoms with Crippen LogP contribution in [-0.2, 0) is 11.3 Å². The van der Waals surface area contributed by atoms with Crippen LogP contribution in [0.5, 0.6) is 0 Å². The monoisotopic (exact) mass is 273 g/mol. The van der Waals surface area contributed by atoms with E-state index in [4.69, 9.17) is 4.74 Å². The van der Waals surface area contributed by atoms with Crippen molar-refractivity contribution in [3.63, 3.8) is 0 Å². The molecule has 0 saturated heterocycles. The third-order valence-electron chi connectivity index (χ3n) is 2.84. The van der Waals surface area contributed by atoms with Crippen LogP contribution in [-0.4, -0.2) is 41.9 Å². The van der Waals surface area contributed by atoms with Gasteiger partial charge in [0, 0.05) is 6.54 Å². The molecule has 0 saturated carbocycles. The SMILES string of the molecule is CN(C)CC1OCCn2nc3ccsc3c21.Cl. The largest absolute Gasteiger partial charge is 0.369 e. The first kappa shape index (κ1) is 12.8. The Hall–Kier alpha value is -0.620. The number of hydrogen-bond acceptors (Lipinski definition) is 4. The molecule has 0 aromatic carbocycles. The summed E-state index contributed by atoms with van der Waals surface area (Å²) < 4.78 is 9.25. The molecule has 0 amide bonds. The van der Waals surface area contributed by atoms with Gasteiger partial charge in [-0.15, -0.1) is 23.7 Å². The summed E-state index contributed by atoms with van der Waals surface area (Å²) in [4.78, 5) is 2.16. The van der Waals surface area contributed by atoms with E-state index < -0.39 is 0 Å². The van der Waals surface area contributed by atoms with Gasteiger partial charge in [0.2, 0.25) is 0 Å². The number of aromatic nitrogens is 2. The molecule has 2 aromatic rings. The van der Waals surface area contributed by atoms with Crippen molar-refractivity contribution in [2.24, 2.45) is 0 Å². The van der Waals surface area contributed by atoms with Gasteiger partial charge in [0.1, 0.15) is 11.6 Å². The molecule has 1 aliphatic rings. The second kappa shape index (κ2) is 4.94. The van der Waals surface area contributed by atoms with Crippen molar-refractivity contribution in [1.29, 1.82) is 0 Å². The Kier molecular flexibility index (Phi) is 3.73. The Morgan fingerprint density at radius 1 is 1.59 bits per heavy atom. The van der Waals surface area contributed by atoms with E-state index in [0.29, 0.717) is 0 Å². The lowest BCUT2D eigenvalue weighted by molar-refractivity contribution is 0.00356. The van der Waals surface area contributed by atoms with Gasteiger partial charge in [-0.3, -0.25) is 4.68 Å². The molecule has 4 nitrogen and oxygen atoms in total. The minimum atomic E-state index is 0. The molecule has 1 aliphatic heterocycles. The first-order valence-corrected chi connectivity index (χ1v) is 6.34. The van der Waals surface area contributed by atoms with Gasteiger partial charge in [0.05, 0.1) is 23.5 Å². The maximum absolute atomic E-state index is 5.86. The average molecular weight is 274 g/mol. The van der Waals surface area contributed by atoms with E-state index in [1.807, 2.05) is 0 Å². The summed E-state index contributed by atoms with van der Waals surface area (Å²) in [6.45, 7) is 2.56. The molecule has 3 rings (SSSR count). The van der Waals surface area contributed by atoms with Crippen LogP contribution in [0.4, 0.5) is 0 Å². The lowest BCUT2D eigenvalue weighted by atomic mass is 10.2. The van der Waals surface area contributed by atoms with Gasteiger partial charge in [0.15, 0.2) is 0 Å². The smallest absolute Gasteiger partial charge is 0.113 e. The fourth-order valence-corrected chi connectivity index (χ4v) is 3.11. The third-order valence-corrected chi connectivity index (χ3v) is 3.77. The second-order valence-electron chi connectivity index (χ2n) is 4.37. The minimum absolute atomic E-state index is 0. The van der Waals surface area contributed by atoms with E-state index in [1.165, 1.54) is 10.4 Å². The van der Waals surface area contributed by atoms with Crippen molar-refractivity contribution < 1.29 is 4.74 Å². The number of thiophene rings is 1. The van der Waals surface area contributed by atoms with Crippen molar-refractivity contribution >= 4 is 34.0 Å². The van der Waals surface area contributed by atoms with Crippen LogP contribution >= 0.6 is 23.7 Å². The van der Waals surface area contributed by atoms with Crippen LogP contribution in [0.1, 0.15) is 11.8 Å². The minimum Gasteiger partial charge on any atom is -0.369 e. The lowest BCUT2D eigenvalue weighted by Crippen LogP contribution is -2.29. The van der Waals surface area contributed by atoms with Gasteiger partial charge in [-0.1, -0.05) is 0 Å². The lowest BCUT2D eigenvalue weighted by Gasteiger charge is -2.26. The van der Waals surface area contributed by atoms with Crippen LogP contribution in [0.3, 0.4) is 0 Å². The molecular formula is C11H16ClN3OS. The molecule has 2 aromatic heterocycles. The molecule has 1 atom stereocenters. The molecule has 0 bridgehead atoms. The zero-order valence-electron chi connectivity index (χ0n) is 9.92. The zero-order valence-corrected chi connectivity index (χ0v) is 11.6. The maximum Gasteiger partial charge on any atom is 0.113 e. The highest BCUT2D eigenvalue weighted by atomic mass is 35.5. The van der Waals surface area contributed by atoms with Crippen molar-refractivity contribution in [2.75, 3.05) is 27.2 Å². The van der Waals surface area contributed by atoms with Crippen molar-refractivity contribution in [3.05, 3.63) is 17.1 Å². The standard InChI is InChI=1S/C11H15N3OS.ClH/c1-13(2)7-9-10-11-8(3-6-16-11)12-14(10)4-5-15-9;/h3,6,9H,4-5,7H2,1-2H3;1H. The van der Waals surface area contributed by atoms with Gasteiger partial charge in [0.25, 0.3) is 0 Å². The van der Waals surface area contributed by atoms with E-state index >= 15 is 0 Å². The van der Waals surface area contributed by atoms with E-state index in [0.717, 1.165) is 25.2 Å². The molecular weight excluding hydrogens is 258 g/mol. The number of ether oxygens (including phenoxy) is 1. The molecule has 0 aliphatic carbocycles. The number of rotatable bonds is 2. The molecule has 0 radical (unpaired) electrons. The Balaban J connectivity index is 0.00000108. The van der Waals surface area contributed by atoms with E-state index in [9.17, 15) is 0 Å². The van der Waals surface area contributed by atoms with Crippen molar-refractivity contribution in [2.45, 2.75) is 12.6 Å². The summed E-state index contributed by atoms with van der Waals surface area (Å²) in [5.74, 6) is 0. The number of likely N-dealkylation sites (N-methyl/N-ethyl adjacent to an activating group) is 1. The van der Waals surface area contributed by atoms with Gasteiger partial charge in [-0.25, -0.2) is 0 Å².